The van der Waals surface area contributed by atoms with Crippen LogP contribution in [0.2, 0.25) is 5.02 Å². The van der Waals surface area contributed by atoms with Crippen LogP contribution in [0.3, 0.4) is 0 Å². The second kappa shape index (κ2) is 5.25. The molecule has 0 aromatic heterocycles. The summed E-state index contributed by atoms with van der Waals surface area (Å²) in [7, 11) is 0. The Bertz CT molecular complexity index is 397. The topological polar surface area (TPSA) is 35.5 Å². The van der Waals surface area contributed by atoms with Gasteiger partial charge in [-0.2, -0.15) is 0 Å². The van der Waals surface area contributed by atoms with Crippen molar-refractivity contribution in [3.63, 3.8) is 0 Å². The largest absolute Gasteiger partial charge is 0.394 e. The van der Waals surface area contributed by atoms with E-state index in [0.717, 1.165) is 23.7 Å². The lowest BCUT2D eigenvalue weighted by Gasteiger charge is -2.40. The van der Waals surface area contributed by atoms with Crippen LogP contribution in [0.4, 0.5) is 5.69 Å². The van der Waals surface area contributed by atoms with Gasteiger partial charge in [-0.05, 0) is 37.6 Å². The number of anilines is 1. The molecule has 2 atom stereocenters. The lowest BCUT2D eigenvalue weighted by Crippen LogP contribution is -2.57. The Balaban J connectivity index is 2.28. The molecule has 2 N–H and O–H groups in total. The summed E-state index contributed by atoms with van der Waals surface area (Å²) < 4.78 is 0. The molecule has 1 aliphatic rings. The van der Waals surface area contributed by atoms with Crippen molar-refractivity contribution >= 4 is 17.3 Å². The number of aliphatic hydroxyl groups excluding tert-OH is 1. The molecule has 0 amide bonds. The van der Waals surface area contributed by atoms with Crippen molar-refractivity contribution in [2.75, 3.05) is 24.6 Å². The van der Waals surface area contributed by atoms with Crippen LogP contribution >= 0.6 is 11.6 Å². The van der Waals surface area contributed by atoms with E-state index in [1.807, 2.05) is 18.2 Å². The van der Waals surface area contributed by atoms with Gasteiger partial charge in [-0.25, -0.2) is 0 Å². The van der Waals surface area contributed by atoms with Crippen LogP contribution in [0.25, 0.3) is 0 Å². The van der Waals surface area contributed by atoms with Gasteiger partial charge < -0.3 is 15.3 Å². The molecule has 0 spiro atoms. The van der Waals surface area contributed by atoms with E-state index in [2.05, 4.69) is 24.1 Å². The summed E-state index contributed by atoms with van der Waals surface area (Å²) in [6, 6.07) is 6.50. The fraction of sp³-hybridized carbons (Fsp3) is 0.538. The fourth-order valence-corrected chi connectivity index (χ4v) is 2.58. The molecule has 1 heterocycles. The average Bonchev–Trinajstić information content (AvgIpc) is 2.29. The third-order valence-electron chi connectivity index (χ3n) is 3.29. The minimum Gasteiger partial charge on any atom is -0.394 e. The maximum absolute atomic E-state index is 9.45. The first-order chi connectivity index (χ1) is 8.11. The first-order valence-corrected chi connectivity index (χ1v) is 6.36. The second-order valence-corrected chi connectivity index (χ2v) is 5.17. The summed E-state index contributed by atoms with van der Waals surface area (Å²) >= 11 is 5.97. The second-order valence-electron chi connectivity index (χ2n) is 4.73. The Hall–Kier alpha value is -0.770. The highest BCUT2D eigenvalue weighted by molar-refractivity contribution is 6.30. The van der Waals surface area contributed by atoms with Gasteiger partial charge in [0.15, 0.2) is 0 Å². The van der Waals surface area contributed by atoms with Gasteiger partial charge in [0.25, 0.3) is 0 Å². The molecule has 4 heteroatoms. The minimum atomic E-state index is 0.145. The SMILES string of the molecule is Cc1cc(Cl)ccc1N1CC(C)NCC1CO. The number of benzene rings is 1. The monoisotopic (exact) mass is 254 g/mol. The number of nitrogens with zero attached hydrogens (tertiary/aromatic N) is 1. The summed E-state index contributed by atoms with van der Waals surface area (Å²) in [6.07, 6.45) is 0. The number of aliphatic hydroxyl groups is 1. The van der Waals surface area contributed by atoms with E-state index in [0.29, 0.717) is 6.04 Å². The predicted octanol–water partition coefficient (Wildman–Crippen LogP) is 1.81. The first kappa shape index (κ1) is 12.7. The van der Waals surface area contributed by atoms with Crippen molar-refractivity contribution in [3.05, 3.63) is 28.8 Å². The summed E-state index contributed by atoms with van der Waals surface area (Å²) in [4.78, 5) is 2.27. The molecule has 1 aromatic carbocycles. The summed E-state index contributed by atoms with van der Waals surface area (Å²) in [6.45, 7) is 6.11. The van der Waals surface area contributed by atoms with E-state index in [4.69, 9.17) is 11.6 Å². The lowest BCUT2D eigenvalue weighted by molar-refractivity contribution is 0.237. The predicted molar refractivity (Wildman–Crippen MR) is 71.9 cm³/mol. The average molecular weight is 255 g/mol. The van der Waals surface area contributed by atoms with Crippen LogP contribution in [0.1, 0.15) is 12.5 Å². The summed E-state index contributed by atoms with van der Waals surface area (Å²) in [5, 5.41) is 13.6. The summed E-state index contributed by atoms with van der Waals surface area (Å²) in [5.74, 6) is 0. The van der Waals surface area contributed by atoms with Crippen LogP contribution in [0.15, 0.2) is 18.2 Å². The van der Waals surface area contributed by atoms with Crippen molar-refractivity contribution in [3.8, 4) is 0 Å². The van der Waals surface area contributed by atoms with Gasteiger partial charge in [-0.1, -0.05) is 11.6 Å². The number of rotatable bonds is 2. The van der Waals surface area contributed by atoms with Crippen LogP contribution in [0, 0.1) is 6.92 Å². The molecular formula is C13H19ClN2O. The molecule has 0 radical (unpaired) electrons. The molecule has 2 rings (SSSR count). The Kier molecular flexibility index (Phi) is 3.92. The number of hydrogen-bond acceptors (Lipinski definition) is 3. The van der Waals surface area contributed by atoms with Gasteiger partial charge in [0, 0.05) is 29.8 Å². The standard InChI is InChI=1S/C13H19ClN2O/c1-9-5-11(14)3-4-13(9)16-7-10(2)15-6-12(16)8-17/h3-5,10,12,15,17H,6-8H2,1-2H3. The Morgan fingerprint density at radius 3 is 2.94 bits per heavy atom. The van der Waals surface area contributed by atoms with Crippen molar-refractivity contribution in [2.45, 2.75) is 25.9 Å². The maximum Gasteiger partial charge on any atom is 0.0647 e. The lowest BCUT2D eigenvalue weighted by atomic mass is 10.1. The van der Waals surface area contributed by atoms with Crippen molar-refractivity contribution in [1.82, 2.24) is 5.32 Å². The van der Waals surface area contributed by atoms with E-state index >= 15 is 0 Å². The van der Waals surface area contributed by atoms with Crippen molar-refractivity contribution < 1.29 is 5.11 Å². The normalized spacial score (nSPS) is 25.1. The van der Waals surface area contributed by atoms with Crippen molar-refractivity contribution in [2.24, 2.45) is 0 Å². The van der Waals surface area contributed by atoms with E-state index in [-0.39, 0.29) is 12.6 Å². The highest BCUT2D eigenvalue weighted by Crippen LogP contribution is 2.26. The number of halogens is 1. The van der Waals surface area contributed by atoms with Crippen LogP contribution in [-0.4, -0.2) is 36.9 Å². The number of hydrogen-bond donors (Lipinski definition) is 2. The van der Waals surface area contributed by atoms with Gasteiger partial charge >= 0.3 is 0 Å². The van der Waals surface area contributed by atoms with E-state index in [9.17, 15) is 5.11 Å². The number of nitrogens with one attached hydrogen (secondary N) is 1. The van der Waals surface area contributed by atoms with Crippen LogP contribution in [-0.2, 0) is 0 Å². The zero-order valence-corrected chi connectivity index (χ0v) is 11.0. The van der Waals surface area contributed by atoms with Crippen molar-refractivity contribution in [1.29, 1.82) is 0 Å². The zero-order valence-electron chi connectivity index (χ0n) is 10.3. The maximum atomic E-state index is 9.45. The molecule has 0 saturated carbocycles. The molecule has 0 aliphatic carbocycles. The molecule has 1 aliphatic heterocycles. The molecular weight excluding hydrogens is 236 g/mol. The highest BCUT2D eigenvalue weighted by atomic mass is 35.5. The van der Waals surface area contributed by atoms with E-state index < -0.39 is 0 Å². The Morgan fingerprint density at radius 1 is 1.53 bits per heavy atom. The van der Waals surface area contributed by atoms with Gasteiger partial charge in [-0.15, -0.1) is 0 Å². The molecule has 1 saturated heterocycles. The van der Waals surface area contributed by atoms with Crippen LogP contribution in [0.5, 0.6) is 0 Å². The fourth-order valence-electron chi connectivity index (χ4n) is 2.36. The molecule has 0 bridgehead atoms. The summed E-state index contributed by atoms with van der Waals surface area (Å²) in [5.41, 5.74) is 2.33. The Morgan fingerprint density at radius 2 is 2.29 bits per heavy atom. The first-order valence-electron chi connectivity index (χ1n) is 5.99. The quantitative estimate of drug-likeness (QED) is 0.845. The minimum absolute atomic E-state index is 0.145. The molecule has 94 valence electrons. The van der Waals surface area contributed by atoms with Gasteiger partial charge in [0.05, 0.1) is 12.6 Å². The molecule has 1 aromatic rings. The van der Waals surface area contributed by atoms with Gasteiger partial charge in [0.1, 0.15) is 0 Å². The zero-order chi connectivity index (χ0) is 12.4. The Labute approximate surface area is 107 Å². The highest BCUT2D eigenvalue weighted by Gasteiger charge is 2.26. The molecule has 2 unspecified atom stereocenters. The van der Waals surface area contributed by atoms with E-state index in [1.165, 1.54) is 5.69 Å². The number of piperazine rings is 1. The molecule has 17 heavy (non-hydrogen) atoms. The number of aryl methyl sites for hydroxylation is 1. The van der Waals surface area contributed by atoms with Gasteiger partial charge in [-0.3, -0.25) is 0 Å². The molecule has 1 fully saturated rings. The van der Waals surface area contributed by atoms with Crippen LogP contribution < -0.4 is 10.2 Å². The third kappa shape index (κ3) is 2.73. The van der Waals surface area contributed by atoms with Gasteiger partial charge in [0.2, 0.25) is 0 Å². The van der Waals surface area contributed by atoms with E-state index in [1.54, 1.807) is 0 Å². The molecule has 3 nitrogen and oxygen atoms in total. The third-order valence-corrected chi connectivity index (χ3v) is 3.53. The smallest absolute Gasteiger partial charge is 0.0647 e.